The average molecular weight is 356 g/mol. The summed E-state index contributed by atoms with van der Waals surface area (Å²) in [5, 5.41) is 12.2. The van der Waals surface area contributed by atoms with Crippen LogP contribution in [0, 0.1) is 6.92 Å². The molecule has 7 heteroatoms. The Morgan fingerprint density at radius 1 is 1.08 bits per heavy atom. The Labute approximate surface area is 151 Å². The number of nitrogens with one attached hydrogen (secondary N) is 1. The standard InChI is InChI=1S/C19H20N2O5/c1-12-4-9-16(22)15(10-12)19(25)26-11-17(23)20-14-7-5-13(6-8-14)18(24)21(2)3/h4-10,22H,11H2,1-3H3,(H,20,23). The molecule has 0 saturated carbocycles. The maximum Gasteiger partial charge on any atom is 0.342 e. The van der Waals surface area contributed by atoms with Gasteiger partial charge in [0.1, 0.15) is 11.3 Å². The van der Waals surface area contributed by atoms with E-state index in [1.807, 2.05) is 0 Å². The molecule has 7 nitrogen and oxygen atoms in total. The molecule has 0 spiro atoms. The third-order valence-electron chi connectivity index (χ3n) is 3.53. The first-order valence-electron chi connectivity index (χ1n) is 7.86. The highest BCUT2D eigenvalue weighted by molar-refractivity contribution is 5.97. The number of rotatable bonds is 5. The maximum absolute atomic E-state index is 12.0. The summed E-state index contributed by atoms with van der Waals surface area (Å²) in [6.45, 7) is 1.28. The molecule has 0 unspecified atom stereocenters. The largest absolute Gasteiger partial charge is 0.507 e. The number of aryl methyl sites for hydroxylation is 1. The van der Waals surface area contributed by atoms with E-state index in [2.05, 4.69) is 5.32 Å². The minimum Gasteiger partial charge on any atom is -0.507 e. The summed E-state index contributed by atoms with van der Waals surface area (Å²) in [4.78, 5) is 37.1. The molecule has 0 atom stereocenters. The van der Waals surface area contributed by atoms with Crippen molar-refractivity contribution in [3.8, 4) is 5.75 Å². The average Bonchev–Trinajstić information content (AvgIpc) is 2.61. The molecule has 2 aromatic rings. The van der Waals surface area contributed by atoms with E-state index in [-0.39, 0.29) is 17.2 Å². The number of esters is 1. The lowest BCUT2D eigenvalue weighted by Crippen LogP contribution is -2.22. The molecule has 0 aromatic heterocycles. The second-order valence-electron chi connectivity index (χ2n) is 5.92. The van der Waals surface area contributed by atoms with Crippen LogP contribution in [0.1, 0.15) is 26.3 Å². The van der Waals surface area contributed by atoms with E-state index in [1.54, 1.807) is 51.4 Å². The zero-order valence-electron chi connectivity index (χ0n) is 14.8. The van der Waals surface area contributed by atoms with Crippen LogP contribution < -0.4 is 5.32 Å². The second-order valence-corrected chi connectivity index (χ2v) is 5.92. The summed E-state index contributed by atoms with van der Waals surface area (Å²) in [7, 11) is 3.30. The van der Waals surface area contributed by atoms with Gasteiger partial charge in [0.05, 0.1) is 0 Å². The number of nitrogens with zero attached hydrogens (tertiary/aromatic N) is 1. The number of benzene rings is 2. The van der Waals surface area contributed by atoms with Crippen LogP contribution in [0.25, 0.3) is 0 Å². The van der Waals surface area contributed by atoms with Crippen molar-refractivity contribution in [2.45, 2.75) is 6.92 Å². The van der Waals surface area contributed by atoms with Gasteiger partial charge in [0, 0.05) is 25.3 Å². The minimum absolute atomic E-state index is 0.00403. The summed E-state index contributed by atoms with van der Waals surface area (Å²) in [6, 6.07) is 10.9. The summed E-state index contributed by atoms with van der Waals surface area (Å²) < 4.78 is 4.92. The number of phenols is 1. The van der Waals surface area contributed by atoms with Gasteiger partial charge in [-0.05, 0) is 43.3 Å². The first-order valence-corrected chi connectivity index (χ1v) is 7.86. The van der Waals surface area contributed by atoms with Crippen LogP contribution in [-0.4, -0.2) is 48.5 Å². The Morgan fingerprint density at radius 2 is 1.73 bits per heavy atom. The molecule has 0 heterocycles. The number of hydrogen-bond donors (Lipinski definition) is 2. The van der Waals surface area contributed by atoms with E-state index >= 15 is 0 Å². The Morgan fingerprint density at radius 3 is 2.35 bits per heavy atom. The second kappa shape index (κ2) is 8.15. The lowest BCUT2D eigenvalue weighted by Gasteiger charge is -2.11. The number of carbonyl (C=O) groups is 3. The molecule has 136 valence electrons. The molecular weight excluding hydrogens is 336 g/mol. The van der Waals surface area contributed by atoms with Crippen molar-refractivity contribution in [3.05, 3.63) is 59.2 Å². The minimum atomic E-state index is -0.784. The summed E-state index contributed by atoms with van der Waals surface area (Å²) in [6.07, 6.45) is 0. The SMILES string of the molecule is Cc1ccc(O)c(C(=O)OCC(=O)Nc2ccc(C(=O)N(C)C)cc2)c1. The summed E-state index contributed by atoms with van der Waals surface area (Å²) in [5.74, 6) is -1.66. The lowest BCUT2D eigenvalue weighted by atomic mass is 10.1. The molecule has 26 heavy (non-hydrogen) atoms. The van der Waals surface area contributed by atoms with E-state index in [0.29, 0.717) is 11.3 Å². The molecule has 2 aromatic carbocycles. The van der Waals surface area contributed by atoms with Crippen LogP contribution in [-0.2, 0) is 9.53 Å². The molecule has 2 N–H and O–H groups in total. The van der Waals surface area contributed by atoms with Crippen LogP contribution in [0.3, 0.4) is 0 Å². The van der Waals surface area contributed by atoms with E-state index in [9.17, 15) is 19.5 Å². The predicted molar refractivity (Wildman–Crippen MR) is 96.2 cm³/mol. The normalized spacial score (nSPS) is 10.1. The first-order chi connectivity index (χ1) is 12.3. The zero-order valence-corrected chi connectivity index (χ0v) is 14.8. The number of phenolic OH excluding ortho intramolecular Hbond substituents is 1. The molecule has 0 aliphatic rings. The smallest absolute Gasteiger partial charge is 0.342 e. The summed E-state index contributed by atoms with van der Waals surface area (Å²) in [5.41, 5.74) is 1.75. The monoisotopic (exact) mass is 356 g/mol. The van der Waals surface area contributed by atoms with Crippen LogP contribution >= 0.6 is 0 Å². The predicted octanol–water partition coefficient (Wildman–Crippen LogP) is 2.20. The Bertz CT molecular complexity index is 828. The van der Waals surface area contributed by atoms with E-state index in [0.717, 1.165) is 5.56 Å². The van der Waals surface area contributed by atoms with Gasteiger partial charge in [0.15, 0.2) is 6.61 Å². The van der Waals surface area contributed by atoms with Gasteiger partial charge >= 0.3 is 5.97 Å². The third kappa shape index (κ3) is 4.83. The van der Waals surface area contributed by atoms with Crippen LogP contribution in [0.15, 0.2) is 42.5 Å². The number of hydrogen-bond acceptors (Lipinski definition) is 5. The van der Waals surface area contributed by atoms with Crippen LogP contribution in [0.2, 0.25) is 0 Å². The highest BCUT2D eigenvalue weighted by Gasteiger charge is 2.15. The van der Waals surface area contributed by atoms with E-state index in [4.69, 9.17) is 4.74 Å². The topological polar surface area (TPSA) is 95.9 Å². The fourth-order valence-electron chi connectivity index (χ4n) is 2.17. The van der Waals surface area contributed by atoms with Crippen LogP contribution in [0.4, 0.5) is 5.69 Å². The van der Waals surface area contributed by atoms with Gasteiger partial charge in [0.25, 0.3) is 11.8 Å². The fraction of sp³-hybridized carbons (Fsp3) is 0.211. The van der Waals surface area contributed by atoms with Gasteiger partial charge in [-0.1, -0.05) is 11.6 Å². The number of carbonyl (C=O) groups excluding carboxylic acids is 3. The molecule has 2 amide bonds. The number of amides is 2. The molecule has 0 aliphatic heterocycles. The Balaban J connectivity index is 1.91. The molecule has 0 radical (unpaired) electrons. The molecule has 0 fully saturated rings. The van der Waals surface area contributed by atoms with Gasteiger partial charge in [0.2, 0.25) is 0 Å². The van der Waals surface area contributed by atoms with Gasteiger partial charge < -0.3 is 20.1 Å². The Hall–Kier alpha value is -3.35. The van der Waals surface area contributed by atoms with Crippen molar-refractivity contribution in [2.75, 3.05) is 26.0 Å². The molecule has 0 saturated heterocycles. The van der Waals surface area contributed by atoms with Crippen molar-refractivity contribution < 1.29 is 24.2 Å². The number of ether oxygens (including phenoxy) is 1. The van der Waals surface area contributed by atoms with Crippen molar-refractivity contribution in [1.82, 2.24) is 4.90 Å². The third-order valence-corrected chi connectivity index (χ3v) is 3.53. The quantitative estimate of drug-likeness (QED) is 0.801. The van der Waals surface area contributed by atoms with Crippen LogP contribution in [0.5, 0.6) is 5.75 Å². The molecule has 0 bridgehead atoms. The first kappa shape index (κ1) is 19.0. The van der Waals surface area contributed by atoms with Crippen molar-refractivity contribution in [3.63, 3.8) is 0 Å². The lowest BCUT2D eigenvalue weighted by molar-refractivity contribution is -0.119. The molecule has 2 rings (SSSR count). The van der Waals surface area contributed by atoms with Crippen molar-refractivity contribution >= 4 is 23.5 Å². The van der Waals surface area contributed by atoms with Crippen molar-refractivity contribution in [1.29, 1.82) is 0 Å². The van der Waals surface area contributed by atoms with Gasteiger partial charge in [-0.15, -0.1) is 0 Å². The Kier molecular flexibility index (Phi) is 5.95. The maximum atomic E-state index is 12.0. The summed E-state index contributed by atoms with van der Waals surface area (Å²) >= 11 is 0. The van der Waals surface area contributed by atoms with Gasteiger partial charge in [-0.2, -0.15) is 0 Å². The molecule has 0 aliphatic carbocycles. The number of anilines is 1. The van der Waals surface area contributed by atoms with E-state index < -0.39 is 18.5 Å². The number of aromatic hydroxyl groups is 1. The molecular formula is C19H20N2O5. The highest BCUT2D eigenvalue weighted by Crippen LogP contribution is 2.19. The highest BCUT2D eigenvalue weighted by atomic mass is 16.5. The van der Waals surface area contributed by atoms with Gasteiger partial charge in [-0.3, -0.25) is 9.59 Å². The van der Waals surface area contributed by atoms with E-state index in [1.165, 1.54) is 17.0 Å². The zero-order chi connectivity index (χ0) is 19.3. The van der Waals surface area contributed by atoms with Gasteiger partial charge in [-0.25, -0.2) is 4.79 Å². The van der Waals surface area contributed by atoms with Crippen molar-refractivity contribution in [2.24, 2.45) is 0 Å². The fourth-order valence-corrected chi connectivity index (χ4v) is 2.17.